The van der Waals surface area contributed by atoms with Gasteiger partial charge in [-0.25, -0.2) is 0 Å². The third kappa shape index (κ3) is 1.96. The molecule has 1 heterocycles. The van der Waals surface area contributed by atoms with E-state index in [0.29, 0.717) is 6.10 Å². The highest BCUT2D eigenvalue weighted by atomic mass is 16.5. The van der Waals surface area contributed by atoms with Crippen molar-refractivity contribution in [2.24, 2.45) is 5.41 Å². The Kier molecular flexibility index (Phi) is 2.61. The van der Waals surface area contributed by atoms with Crippen LogP contribution in [0.2, 0.25) is 0 Å². The molecule has 14 heavy (non-hydrogen) atoms. The molecule has 1 saturated carbocycles. The molecule has 1 atom stereocenters. The van der Waals surface area contributed by atoms with Gasteiger partial charge < -0.3 is 10.1 Å². The van der Waals surface area contributed by atoms with Crippen LogP contribution in [0.3, 0.4) is 0 Å². The van der Waals surface area contributed by atoms with Gasteiger partial charge in [0.25, 0.3) is 0 Å². The highest BCUT2D eigenvalue weighted by molar-refractivity contribution is 4.95. The minimum atomic E-state index is 0.191. The van der Waals surface area contributed by atoms with Crippen LogP contribution in [0.4, 0.5) is 0 Å². The molecule has 2 heteroatoms. The monoisotopic (exact) mass is 197 g/mol. The first-order valence-electron chi connectivity index (χ1n) is 5.90. The second-order valence-electron chi connectivity index (χ2n) is 5.99. The average Bonchev–Trinajstić information content (AvgIpc) is 2.52. The van der Waals surface area contributed by atoms with Gasteiger partial charge in [0.05, 0.1) is 11.7 Å². The molecule has 82 valence electrons. The van der Waals surface area contributed by atoms with Gasteiger partial charge in [-0.15, -0.1) is 0 Å². The van der Waals surface area contributed by atoms with E-state index in [2.05, 4.69) is 26.1 Å². The third-order valence-corrected chi connectivity index (χ3v) is 3.65. The van der Waals surface area contributed by atoms with Crippen LogP contribution in [0, 0.1) is 5.41 Å². The zero-order chi connectivity index (χ0) is 10.2. The van der Waals surface area contributed by atoms with Gasteiger partial charge in [0, 0.05) is 13.1 Å². The molecule has 0 aromatic carbocycles. The number of hydrogen-bond acceptors (Lipinski definition) is 2. The molecule has 1 unspecified atom stereocenters. The Labute approximate surface area is 87.4 Å². The Morgan fingerprint density at radius 3 is 2.43 bits per heavy atom. The first-order valence-corrected chi connectivity index (χ1v) is 5.90. The Balaban J connectivity index is 2.03. The second-order valence-corrected chi connectivity index (χ2v) is 5.99. The summed E-state index contributed by atoms with van der Waals surface area (Å²) in [6.07, 6.45) is 5.59. The first-order chi connectivity index (χ1) is 6.52. The number of rotatable bonds is 0. The largest absolute Gasteiger partial charge is 0.369 e. The maximum absolute atomic E-state index is 6.34. The van der Waals surface area contributed by atoms with Crippen LogP contribution in [0.1, 0.15) is 46.5 Å². The molecule has 1 spiro atoms. The molecular formula is C12H23NO. The lowest BCUT2D eigenvalue weighted by Crippen LogP contribution is -2.56. The summed E-state index contributed by atoms with van der Waals surface area (Å²) in [6, 6.07) is 0. The van der Waals surface area contributed by atoms with Crippen LogP contribution in [-0.2, 0) is 4.74 Å². The van der Waals surface area contributed by atoms with Crippen LogP contribution < -0.4 is 5.32 Å². The standard InChI is InChI=1S/C12H23NO/c1-11(2,3)10-8-13-9-12(14-10)6-4-5-7-12/h10,13H,4-9H2,1-3H3. The minimum absolute atomic E-state index is 0.191. The zero-order valence-corrected chi connectivity index (χ0v) is 9.73. The summed E-state index contributed by atoms with van der Waals surface area (Å²) in [5, 5.41) is 3.55. The van der Waals surface area contributed by atoms with Crippen molar-refractivity contribution in [1.29, 1.82) is 0 Å². The van der Waals surface area contributed by atoms with Gasteiger partial charge in [-0.05, 0) is 18.3 Å². The molecule has 1 N–H and O–H groups in total. The summed E-state index contributed by atoms with van der Waals surface area (Å²) in [5.41, 5.74) is 0.458. The van der Waals surface area contributed by atoms with E-state index in [0.717, 1.165) is 13.1 Å². The average molecular weight is 197 g/mol. The molecule has 2 fully saturated rings. The molecule has 2 nitrogen and oxygen atoms in total. The molecule has 1 aliphatic carbocycles. The number of ether oxygens (including phenoxy) is 1. The predicted molar refractivity (Wildman–Crippen MR) is 58.4 cm³/mol. The van der Waals surface area contributed by atoms with Gasteiger partial charge in [0.15, 0.2) is 0 Å². The van der Waals surface area contributed by atoms with E-state index >= 15 is 0 Å². The quantitative estimate of drug-likeness (QED) is 0.643. The van der Waals surface area contributed by atoms with E-state index < -0.39 is 0 Å². The Hall–Kier alpha value is -0.0800. The maximum Gasteiger partial charge on any atom is 0.0811 e. The fraction of sp³-hybridized carbons (Fsp3) is 1.00. The normalized spacial score (nSPS) is 32.4. The molecule has 0 bridgehead atoms. The van der Waals surface area contributed by atoms with E-state index in [1.807, 2.05) is 0 Å². The maximum atomic E-state index is 6.34. The summed E-state index contributed by atoms with van der Waals surface area (Å²) in [4.78, 5) is 0. The van der Waals surface area contributed by atoms with Gasteiger partial charge in [-0.2, -0.15) is 0 Å². The van der Waals surface area contributed by atoms with Gasteiger partial charge in [0.1, 0.15) is 0 Å². The first kappa shape index (κ1) is 10.4. The van der Waals surface area contributed by atoms with Crippen LogP contribution in [-0.4, -0.2) is 24.8 Å². The molecule has 1 saturated heterocycles. The van der Waals surface area contributed by atoms with Gasteiger partial charge in [-0.1, -0.05) is 33.6 Å². The minimum Gasteiger partial charge on any atom is -0.369 e. The highest BCUT2D eigenvalue weighted by Crippen LogP contribution is 2.38. The molecule has 2 aliphatic rings. The van der Waals surface area contributed by atoms with E-state index in [1.165, 1.54) is 25.7 Å². The SMILES string of the molecule is CC(C)(C)C1CNCC2(CCCC2)O1. The Bertz CT molecular complexity index is 201. The van der Waals surface area contributed by atoms with Gasteiger partial charge >= 0.3 is 0 Å². The van der Waals surface area contributed by atoms with E-state index in [4.69, 9.17) is 4.74 Å². The molecule has 0 aromatic rings. The molecule has 0 aromatic heterocycles. The lowest BCUT2D eigenvalue weighted by molar-refractivity contribution is -0.148. The zero-order valence-electron chi connectivity index (χ0n) is 9.73. The lowest BCUT2D eigenvalue weighted by Gasteiger charge is -2.44. The van der Waals surface area contributed by atoms with Crippen LogP contribution in [0.25, 0.3) is 0 Å². The summed E-state index contributed by atoms with van der Waals surface area (Å²) < 4.78 is 6.34. The predicted octanol–water partition coefficient (Wildman–Crippen LogP) is 2.33. The van der Waals surface area contributed by atoms with Crippen LogP contribution in [0.5, 0.6) is 0 Å². The molecule has 0 amide bonds. The second kappa shape index (κ2) is 3.49. The summed E-state index contributed by atoms with van der Waals surface area (Å²) in [6.45, 7) is 8.90. The highest BCUT2D eigenvalue weighted by Gasteiger charge is 2.42. The smallest absolute Gasteiger partial charge is 0.0811 e. The van der Waals surface area contributed by atoms with E-state index in [9.17, 15) is 0 Å². The number of nitrogens with one attached hydrogen (secondary N) is 1. The van der Waals surface area contributed by atoms with Crippen molar-refractivity contribution in [2.45, 2.75) is 58.2 Å². The van der Waals surface area contributed by atoms with E-state index in [-0.39, 0.29) is 11.0 Å². The van der Waals surface area contributed by atoms with Crippen molar-refractivity contribution >= 4 is 0 Å². The number of hydrogen-bond donors (Lipinski definition) is 1. The molecular weight excluding hydrogens is 174 g/mol. The van der Waals surface area contributed by atoms with Crippen molar-refractivity contribution in [1.82, 2.24) is 5.32 Å². The van der Waals surface area contributed by atoms with Crippen LogP contribution >= 0.6 is 0 Å². The fourth-order valence-electron chi connectivity index (χ4n) is 2.61. The summed E-state index contributed by atoms with van der Waals surface area (Å²) in [7, 11) is 0. The van der Waals surface area contributed by atoms with Gasteiger partial charge in [0.2, 0.25) is 0 Å². The van der Waals surface area contributed by atoms with Crippen molar-refractivity contribution in [3.8, 4) is 0 Å². The topological polar surface area (TPSA) is 21.3 Å². The van der Waals surface area contributed by atoms with Crippen molar-refractivity contribution in [3.63, 3.8) is 0 Å². The number of morpholine rings is 1. The molecule has 2 rings (SSSR count). The third-order valence-electron chi connectivity index (χ3n) is 3.65. The Morgan fingerprint density at radius 1 is 1.21 bits per heavy atom. The Morgan fingerprint density at radius 2 is 1.86 bits per heavy atom. The molecule has 0 radical (unpaired) electrons. The van der Waals surface area contributed by atoms with E-state index in [1.54, 1.807) is 0 Å². The van der Waals surface area contributed by atoms with Crippen molar-refractivity contribution in [2.75, 3.05) is 13.1 Å². The van der Waals surface area contributed by atoms with Gasteiger partial charge in [-0.3, -0.25) is 0 Å². The summed E-state index contributed by atoms with van der Waals surface area (Å²) in [5.74, 6) is 0. The van der Waals surface area contributed by atoms with Crippen molar-refractivity contribution in [3.05, 3.63) is 0 Å². The fourth-order valence-corrected chi connectivity index (χ4v) is 2.61. The summed E-state index contributed by atoms with van der Waals surface area (Å²) >= 11 is 0. The molecule has 1 aliphatic heterocycles. The van der Waals surface area contributed by atoms with Crippen molar-refractivity contribution < 1.29 is 4.74 Å². The lowest BCUT2D eigenvalue weighted by atomic mass is 9.86. The van der Waals surface area contributed by atoms with Crippen LogP contribution in [0.15, 0.2) is 0 Å².